The molecule has 5 atom stereocenters. The molecule has 1 spiro atoms. The third kappa shape index (κ3) is 4.56. The number of aryl methyl sites for hydroxylation is 1. The van der Waals surface area contributed by atoms with E-state index in [2.05, 4.69) is 13.2 Å². The van der Waals surface area contributed by atoms with Crippen LogP contribution in [0.3, 0.4) is 0 Å². The van der Waals surface area contributed by atoms with E-state index in [4.69, 9.17) is 21.1 Å². The summed E-state index contributed by atoms with van der Waals surface area (Å²) in [6, 6.07) is 4.46. The SMILES string of the molecule is C=CCCOC(=O)[C@H]1[C@H]2C(=O)N(CCCCO)C(C(=O)N(CC=C)c3c(C)cccc3Cl)C23CC[C@]1(C)O3. The van der Waals surface area contributed by atoms with Crippen LogP contribution in [-0.2, 0) is 23.9 Å². The molecule has 2 amide bonds. The second-order valence-electron chi connectivity index (χ2n) is 10.6. The first-order valence-corrected chi connectivity index (χ1v) is 13.6. The van der Waals surface area contributed by atoms with Crippen LogP contribution in [0.5, 0.6) is 0 Å². The van der Waals surface area contributed by atoms with Crippen molar-refractivity contribution in [3.63, 3.8) is 0 Å². The summed E-state index contributed by atoms with van der Waals surface area (Å²) in [4.78, 5) is 45.0. The number of ether oxygens (including phenoxy) is 2. The minimum Gasteiger partial charge on any atom is -0.465 e. The number of aliphatic hydroxyl groups is 1. The van der Waals surface area contributed by atoms with E-state index in [1.807, 2.05) is 26.0 Å². The number of fused-ring (bicyclic) bond motifs is 1. The van der Waals surface area contributed by atoms with E-state index in [1.165, 1.54) is 0 Å². The molecule has 3 saturated heterocycles. The van der Waals surface area contributed by atoms with Crippen LogP contribution in [0.15, 0.2) is 43.5 Å². The van der Waals surface area contributed by atoms with Gasteiger partial charge in [-0.25, -0.2) is 0 Å². The summed E-state index contributed by atoms with van der Waals surface area (Å²) < 4.78 is 12.2. The van der Waals surface area contributed by atoms with Gasteiger partial charge in [0.2, 0.25) is 5.91 Å². The molecule has 4 rings (SSSR count). The van der Waals surface area contributed by atoms with E-state index in [0.29, 0.717) is 42.8 Å². The number of benzene rings is 1. The van der Waals surface area contributed by atoms with Gasteiger partial charge < -0.3 is 24.4 Å². The van der Waals surface area contributed by atoms with E-state index in [1.54, 1.807) is 28.0 Å². The Kier molecular flexibility index (Phi) is 8.35. The van der Waals surface area contributed by atoms with Gasteiger partial charge in [-0.2, -0.15) is 0 Å². The Hall–Kier alpha value is -2.68. The Morgan fingerprint density at radius 2 is 2.05 bits per heavy atom. The monoisotopic (exact) mass is 544 g/mol. The van der Waals surface area contributed by atoms with Crippen molar-refractivity contribution in [3.8, 4) is 0 Å². The van der Waals surface area contributed by atoms with Crippen molar-refractivity contribution in [2.24, 2.45) is 11.8 Å². The lowest BCUT2D eigenvalue weighted by Gasteiger charge is -2.37. The molecule has 38 heavy (non-hydrogen) atoms. The third-order valence-corrected chi connectivity index (χ3v) is 8.48. The van der Waals surface area contributed by atoms with Crippen molar-refractivity contribution >= 4 is 35.1 Å². The maximum absolute atomic E-state index is 14.5. The largest absolute Gasteiger partial charge is 0.465 e. The average molecular weight is 545 g/mol. The van der Waals surface area contributed by atoms with Crippen molar-refractivity contribution in [3.05, 3.63) is 54.1 Å². The number of esters is 1. The van der Waals surface area contributed by atoms with Gasteiger partial charge in [-0.15, -0.1) is 13.2 Å². The Morgan fingerprint density at radius 3 is 2.71 bits per heavy atom. The summed E-state index contributed by atoms with van der Waals surface area (Å²) in [6.45, 7) is 11.8. The van der Waals surface area contributed by atoms with Crippen LogP contribution < -0.4 is 4.90 Å². The van der Waals surface area contributed by atoms with Gasteiger partial charge in [0.25, 0.3) is 5.91 Å². The fraction of sp³-hybridized carbons (Fsp3) is 0.552. The van der Waals surface area contributed by atoms with Gasteiger partial charge in [0.1, 0.15) is 17.6 Å². The van der Waals surface area contributed by atoms with E-state index >= 15 is 0 Å². The van der Waals surface area contributed by atoms with Gasteiger partial charge in [-0.3, -0.25) is 14.4 Å². The highest BCUT2D eigenvalue weighted by Gasteiger charge is 2.78. The van der Waals surface area contributed by atoms with E-state index in [0.717, 1.165) is 5.56 Å². The lowest BCUT2D eigenvalue weighted by atomic mass is 9.66. The van der Waals surface area contributed by atoms with Crippen LogP contribution in [0.2, 0.25) is 5.02 Å². The highest BCUT2D eigenvalue weighted by atomic mass is 35.5. The number of rotatable bonds is 12. The zero-order valence-corrected chi connectivity index (χ0v) is 22.9. The Bertz CT molecular complexity index is 1100. The average Bonchev–Trinajstić information content (AvgIpc) is 3.44. The smallest absolute Gasteiger partial charge is 0.312 e. The zero-order valence-electron chi connectivity index (χ0n) is 22.2. The second-order valence-corrected chi connectivity index (χ2v) is 11.0. The number of carbonyl (C=O) groups excluding carboxylic acids is 3. The summed E-state index contributed by atoms with van der Waals surface area (Å²) in [6.07, 6.45) is 5.77. The molecule has 0 aliphatic carbocycles. The topological polar surface area (TPSA) is 96.4 Å². The molecule has 0 saturated carbocycles. The van der Waals surface area contributed by atoms with Gasteiger partial charge in [0, 0.05) is 19.7 Å². The molecule has 2 unspecified atom stereocenters. The van der Waals surface area contributed by atoms with Gasteiger partial charge in [-0.1, -0.05) is 35.9 Å². The Balaban J connectivity index is 1.78. The molecule has 1 aromatic rings. The first kappa shape index (κ1) is 28.3. The molecule has 2 bridgehead atoms. The fourth-order valence-corrected chi connectivity index (χ4v) is 6.89. The number of anilines is 1. The molecule has 3 heterocycles. The van der Waals surface area contributed by atoms with Crippen LogP contribution in [0, 0.1) is 18.8 Å². The molecule has 3 aliphatic rings. The highest BCUT2D eigenvalue weighted by Crippen LogP contribution is 2.63. The molecule has 8 nitrogen and oxygen atoms in total. The summed E-state index contributed by atoms with van der Waals surface area (Å²) in [5, 5.41) is 9.78. The summed E-state index contributed by atoms with van der Waals surface area (Å²) in [5.41, 5.74) is -0.713. The van der Waals surface area contributed by atoms with Crippen molar-refractivity contribution in [1.82, 2.24) is 4.90 Å². The van der Waals surface area contributed by atoms with Crippen LogP contribution in [0.1, 0.15) is 44.6 Å². The van der Waals surface area contributed by atoms with Gasteiger partial charge in [-0.05, 0) is 57.6 Å². The number of unbranched alkanes of at least 4 members (excludes halogenated alkanes) is 1. The Morgan fingerprint density at radius 1 is 1.29 bits per heavy atom. The molecule has 0 aromatic heterocycles. The summed E-state index contributed by atoms with van der Waals surface area (Å²) in [5.74, 6) is -2.75. The maximum Gasteiger partial charge on any atom is 0.312 e. The van der Waals surface area contributed by atoms with Crippen molar-refractivity contribution in [2.75, 3.05) is 31.2 Å². The van der Waals surface area contributed by atoms with Crippen LogP contribution in [0.25, 0.3) is 0 Å². The molecule has 3 fully saturated rings. The summed E-state index contributed by atoms with van der Waals surface area (Å²) >= 11 is 6.58. The minimum absolute atomic E-state index is 0.0244. The predicted octanol–water partition coefficient (Wildman–Crippen LogP) is 3.82. The van der Waals surface area contributed by atoms with Crippen molar-refractivity contribution in [2.45, 2.75) is 63.2 Å². The fourth-order valence-electron chi connectivity index (χ4n) is 6.56. The number of aliphatic hydroxyl groups excluding tert-OH is 1. The Labute approximate surface area is 229 Å². The maximum atomic E-state index is 14.5. The molecule has 1 aromatic carbocycles. The molecular weight excluding hydrogens is 508 g/mol. The van der Waals surface area contributed by atoms with E-state index in [-0.39, 0.29) is 38.1 Å². The number of likely N-dealkylation sites (tertiary alicyclic amines) is 1. The lowest BCUT2D eigenvalue weighted by molar-refractivity contribution is -0.159. The first-order chi connectivity index (χ1) is 18.2. The number of nitrogens with zero attached hydrogens (tertiary/aromatic N) is 2. The van der Waals surface area contributed by atoms with E-state index in [9.17, 15) is 19.5 Å². The van der Waals surface area contributed by atoms with Gasteiger partial charge >= 0.3 is 5.97 Å². The molecule has 9 heteroatoms. The summed E-state index contributed by atoms with van der Waals surface area (Å²) in [7, 11) is 0. The highest BCUT2D eigenvalue weighted by molar-refractivity contribution is 6.34. The molecule has 0 radical (unpaired) electrons. The molecule has 206 valence electrons. The van der Waals surface area contributed by atoms with Gasteiger partial charge in [0.15, 0.2) is 0 Å². The number of para-hydroxylation sites is 1. The third-order valence-electron chi connectivity index (χ3n) is 8.17. The van der Waals surface area contributed by atoms with Crippen molar-refractivity contribution < 1.29 is 29.0 Å². The molecule has 1 N–H and O–H groups in total. The predicted molar refractivity (Wildman–Crippen MR) is 145 cm³/mol. The quantitative estimate of drug-likeness (QED) is 0.244. The molecular formula is C29H37ClN2O6. The van der Waals surface area contributed by atoms with Gasteiger partial charge in [0.05, 0.1) is 28.8 Å². The molecule has 3 aliphatic heterocycles. The number of hydrogen-bond donors (Lipinski definition) is 1. The number of hydrogen-bond acceptors (Lipinski definition) is 6. The second kappa shape index (κ2) is 11.2. The number of halogens is 1. The van der Waals surface area contributed by atoms with Crippen molar-refractivity contribution in [1.29, 1.82) is 0 Å². The van der Waals surface area contributed by atoms with Crippen LogP contribution in [0.4, 0.5) is 5.69 Å². The van der Waals surface area contributed by atoms with E-state index < -0.39 is 35.0 Å². The lowest BCUT2D eigenvalue weighted by Crippen LogP contribution is -2.56. The first-order valence-electron chi connectivity index (χ1n) is 13.2. The van der Waals surface area contributed by atoms with Crippen LogP contribution in [-0.4, -0.2) is 71.3 Å². The zero-order chi connectivity index (χ0) is 27.7. The number of amides is 2. The normalized spacial score (nSPS) is 29.3. The minimum atomic E-state index is -1.17. The number of carbonyl (C=O) groups is 3. The van der Waals surface area contributed by atoms with Crippen LogP contribution >= 0.6 is 11.6 Å². The standard InChI is InChI=1S/C29H37ClN2O6/c1-5-7-18-37-27(36)22-21-25(34)32(16-8-9-17-33)24(29(21)14-13-28(22,4)38-29)26(35)31(15-6-2)23-19(3)11-10-12-20(23)30/h5-6,10-12,21-22,24,33H,1-2,7-9,13-18H2,3-4H3/t21-,22+,24?,28-,29?/m0/s1.